The number of aliphatic hydroxyl groups excluding tert-OH is 1. The average Bonchev–Trinajstić information content (AvgIpc) is 2.91. The van der Waals surface area contributed by atoms with E-state index in [2.05, 4.69) is 14.9 Å². The topological polar surface area (TPSA) is 74.0 Å². The van der Waals surface area contributed by atoms with E-state index in [4.69, 9.17) is 0 Å². The number of carbonyl (C=O) groups excluding carboxylic acids is 1. The quantitative estimate of drug-likeness (QED) is 0.844. The summed E-state index contributed by atoms with van der Waals surface area (Å²) in [5, 5.41) is 9.34. The Labute approximate surface area is 122 Å². The third-order valence-corrected chi connectivity index (χ3v) is 3.82. The molecule has 2 aromatic heterocycles. The zero-order valence-corrected chi connectivity index (χ0v) is 12.0. The van der Waals surface area contributed by atoms with Crippen LogP contribution >= 0.6 is 0 Å². The molecule has 0 aliphatic carbocycles. The molecular weight excluding hydrogens is 270 g/mol. The molecule has 1 atom stereocenters. The number of hydrogen-bond acceptors (Lipinski definition) is 5. The molecule has 112 valence electrons. The van der Waals surface area contributed by atoms with E-state index < -0.39 is 6.10 Å². The predicted octanol–water partition coefficient (Wildman–Crippen LogP) is -0.246. The Morgan fingerprint density at radius 3 is 2.81 bits per heavy atom. The fourth-order valence-corrected chi connectivity index (χ4v) is 2.63. The van der Waals surface area contributed by atoms with E-state index in [-0.39, 0.29) is 5.91 Å². The summed E-state index contributed by atoms with van der Waals surface area (Å²) < 4.78 is 2.03. The molecule has 1 unspecified atom stereocenters. The summed E-state index contributed by atoms with van der Waals surface area (Å²) in [5.74, 6) is -0.185. The Bertz CT molecular complexity index is 631. The van der Waals surface area contributed by atoms with Crippen LogP contribution in [0.5, 0.6) is 0 Å². The van der Waals surface area contributed by atoms with E-state index in [1.807, 2.05) is 16.8 Å². The molecule has 21 heavy (non-hydrogen) atoms. The van der Waals surface area contributed by atoms with Crippen LogP contribution in [0.2, 0.25) is 0 Å². The van der Waals surface area contributed by atoms with Crippen molar-refractivity contribution in [2.24, 2.45) is 0 Å². The molecule has 1 N–H and O–H groups in total. The molecular formula is C14H19N5O2. The van der Waals surface area contributed by atoms with Crippen molar-refractivity contribution in [2.45, 2.75) is 19.6 Å². The normalized spacial score (nSPS) is 18.1. The van der Waals surface area contributed by atoms with Gasteiger partial charge >= 0.3 is 0 Å². The fourth-order valence-electron chi connectivity index (χ4n) is 2.63. The number of rotatable bonds is 3. The van der Waals surface area contributed by atoms with Gasteiger partial charge in [0.2, 0.25) is 0 Å². The number of aromatic nitrogens is 3. The highest BCUT2D eigenvalue weighted by Gasteiger charge is 2.24. The first-order valence-electron chi connectivity index (χ1n) is 7.10. The van der Waals surface area contributed by atoms with Gasteiger partial charge < -0.3 is 10.0 Å². The number of nitrogens with zero attached hydrogens (tertiary/aromatic N) is 5. The molecule has 2 aromatic rings. The molecule has 1 saturated heterocycles. The summed E-state index contributed by atoms with van der Waals surface area (Å²) in [6, 6.07) is 0. The Morgan fingerprint density at radius 2 is 2.10 bits per heavy atom. The summed E-state index contributed by atoms with van der Waals surface area (Å²) in [6.07, 6.45) is 6.35. The summed E-state index contributed by atoms with van der Waals surface area (Å²) in [4.78, 5) is 24.1. The lowest BCUT2D eigenvalue weighted by Crippen LogP contribution is -2.50. The van der Waals surface area contributed by atoms with Crippen LogP contribution in [0.1, 0.15) is 12.6 Å². The van der Waals surface area contributed by atoms with Gasteiger partial charge in [0.1, 0.15) is 6.10 Å². The van der Waals surface area contributed by atoms with Crippen LogP contribution in [-0.2, 0) is 11.3 Å². The van der Waals surface area contributed by atoms with Crippen molar-refractivity contribution in [3.05, 3.63) is 30.5 Å². The Kier molecular flexibility index (Phi) is 3.85. The maximum Gasteiger partial charge on any atom is 0.251 e. The molecule has 7 heteroatoms. The molecule has 1 aliphatic heterocycles. The summed E-state index contributed by atoms with van der Waals surface area (Å²) >= 11 is 0. The SMILES string of the molecule is CC(O)C(=O)N1CCN(Cc2cnc3cnccn23)CC1. The van der Waals surface area contributed by atoms with Gasteiger partial charge in [-0.25, -0.2) is 4.98 Å². The monoisotopic (exact) mass is 289 g/mol. The van der Waals surface area contributed by atoms with Gasteiger partial charge in [-0.15, -0.1) is 0 Å². The van der Waals surface area contributed by atoms with E-state index in [9.17, 15) is 9.90 Å². The smallest absolute Gasteiger partial charge is 0.251 e. The van der Waals surface area contributed by atoms with Crippen LogP contribution in [0.25, 0.3) is 5.65 Å². The third-order valence-electron chi connectivity index (χ3n) is 3.82. The van der Waals surface area contributed by atoms with Gasteiger partial charge in [0.15, 0.2) is 5.65 Å². The number of carbonyl (C=O) groups is 1. The van der Waals surface area contributed by atoms with Crippen molar-refractivity contribution in [2.75, 3.05) is 26.2 Å². The average molecular weight is 289 g/mol. The molecule has 1 amide bonds. The van der Waals surface area contributed by atoms with Crippen molar-refractivity contribution in [3.63, 3.8) is 0 Å². The molecule has 1 fully saturated rings. The first-order chi connectivity index (χ1) is 10.1. The van der Waals surface area contributed by atoms with Crippen molar-refractivity contribution in [1.82, 2.24) is 24.2 Å². The van der Waals surface area contributed by atoms with Gasteiger partial charge in [0, 0.05) is 45.1 Å². The zero-order chi connectivity index (χ0) is 14.8. The second-order valence-corrected chi connectivity index (χ2v) is 5.33. The highest BCUT2D eigenvalue weighted by molar-refractivity contribution is 5.80. The molecule has 1 aliphatic rings. The number of imidazole rings is 1. The second kappa shape index (κ2) is 5.79. The van der Waals surface area contributed by atoms with Crippen molar-refractivity contribution in [3.8, 4) is 0 Å². The molecule has 0 spiro atoms. The maximum absolute atomic E-state index is 11.7. The lowest BCUT2D eigenvalue weighted by molar-refractivity contribution is -0.141. The number of amides is 1. The Morgan fingerprint density at radius 1 is 1.33 bits per heavy atom. The second-order valence-electron chi connectivity index (χ2n) is 5.33. The minimum atomic E-state index is -0.914. The highest BCUT2D eigenvalue weighted by Crippen LogP contribution is 2.11. The van der Waals surface area contributed by atoms with Gasteiger partial charge in [0.25, 0.3) is 5.91 Å². The van der Waals surface area contributed by atoms with E-state index in [0.717, 1.165) is 31.0 Å². The lowest BCUT2D eigenvalue weighted by atomic mass is 10.2. The number of hydrogen-bond donors (Lipinski definition) is 1. The van der Waals surface area contributed by atoms with E-state index >= 15 is 0 Å². The summed E-state index contributed by atoms with van der Waals surface area (Å²) in [5.41, 5.74) is 1.96. The van der Waals surface area contributed by atoms with Gasteiger partial charge in [-0.3, -0.25) is 19.1 Å². The molecule has 3 heterocycles. The van der Waals surface area contributed by atoms with Gasteiger partial charge in [-0.05, 0) is 6.92 Å². The minimum absolute atomic E-state index is 0.185. The lowest BCUT2D eigenvalue weighted by Gasteiger charge is -2.35. The first kappa shape index (κ1) is 14.0. The van der Waals surface area contributed by atoms with Crippen LogP contribution in [-0.4, -0.2) is 67.5 Å². The van der Waals surface area contributed by atoms with Crippen molar-refractivity contribution < 1.29 is 9.90 Å². The summed E-state index contributed by atoms with van der Waals surface area (Å²) in [6.45, 7) is 5.22. The minimum Gasteiger partial charge on any atom is -0.384 e. The molecule has 0 aromatic carbocycles. The maximum atomic E-state index is 11.7. The third kappa shape index (κ3) is 2.88. The van der Waals surface area contributed by atoms with Crippen LogP contribution in [0, 0.1) is 0 Å². The number of piperazine rings is 1. The molecule has 0 radical (unpaired) electrons. The van der Waals surface area contributed by atoms with Crippen LogP contribution in [0.15, 0.2) is 24.8 Å². The van der Waals surface area contributed by atoms with E-state index in [1.165, 1.54) is 6.92 Å². The van der Waals surface area contributed by atoms with Gasteiger partial charge in [0.05, 0.1) is 18.1 Å². The molecule has 0 bridgehead atoms. The Hall–Kier alpha value is -1.99. The predicted molar refractivity (Wildman–Crippen MR) is 76.5 cm³/mol. The molecule has 3 rings (SSSR count). The van der Waals surface area contributed by atoms with E-state index in [0.29, 0.717) is 13.1 Å². The molecule has 7 nitrogen and oxygen atoms in total. The van der Waals surface area contributed by atoms with Crippen LogP contribution < -0.4 is 0 Å². The van der Waals surface area contributed by atoms with Crippen molar-refractivity contribution >= 4 is 11.6 Å². The van der Waals surface area contributed by atoms with Gasteiger partial charge in [-0.1, -0.05) is 0 Å². The number of fused-ring (bicyclic) bond motifs is 1. The van der Waals surface area contributed by atoms with Crippen LogP contribution in [0.3, 0.4) is 0 Å². The summed E-state index contributed by atoms with van der Waals surface area (Å²) in [7, 11) is 0. The fraction of sp³-hybridized carbons (Fsp3) is 0.500. The standard InChI is InChI=1S/C14H19N5O2/c1-11(20)14(21)18-6-4-17(5-7-18)10-12-8-16-13-9-15-2-3-19(12)13/h2-3,8-9,11,20H,4-7,10H2,1H3. The van der Waals surface area contributed by atoms with E-state index in [1.54, 1.807) is 17.3 Å². The van der Waals surface area contributed by atoms with Gasteiger partial charge in [-0.2, -0.15) is 0 Å². The highest BCUT2D eigenvalue weighted by atomic mass is 16.3. The molecule has 0 saturated carbocycles. The number of aliphatic hydroxyl groups is 1. The van der Waals surface area contributed by atoms with Crippen molar-refractivity contribution in [1.29, 1.82) is 0 Å². The largest absolute Gasteiger partial charge is 0.384 e. The first-order valence-corrected chi connectivity index (χ1v) is 7.10. The Balaban J connectivity index is 1.62. The van der Waals surface area contributed by atoms with Crippen LogP contribution in [0.4, 0.5) is 0 Å². The zero-order valence-electron chi connectivity index (χ0n) is 12.0.